The molecule has 2 aromatic carbocycles. The molecule has 0 spiro atoms. The van der Waals surface area contributed by atoms with Gasteiger partial charge in [0.1, 0.15) is 17.2 Å². The van der Waals surface area contributed by atoms with Crippen LogP contribution in [0.3, 0.4) is 0 Å². The molecule has 1 fully saturated rings. The molecular weight excluding hydrogens is 312 g/mol. The van der Waals surface area contributed by atoms with E-state index in [-0.39, 0.29) is 12.5 Å². The minimum Gasteiger partial charge on any atom is -0.384 e. The molecule has 0 saturated heterocycles. The Labute approximate surface area is 139 Å². The second kappa shape index (κ2) is 5.98. The summed E-state index contributed by atoms with van der Waals surface area (Å²) in [5.74, 6) is -1.08. The molecule has 0 aliphatic heterocycles. The van der Waals surface area contributed by atoms with E-state index in [1.165, 1.54) is 30.3 Å². The topological polar surface area (TPSA) is 49.3 Å². The van der Waals surface area contributed by atoms with E-state index in [2.05, 4.69) is 5.32 Å². The quantitative estimate of drug-likeness (QED) is 0.885. The lowest BCUT2D eigenvalue weighted by atomic mass is 9.92. The van der Waals surface area contributed by atoms with Crippen LogP contribution in [-0.2, 0) is 15.8 Å². The standard InChI is InChI=1S/C19H19F2NO2/c1-18(24,13-6-8-14(20)9-7-13)12-22-17(23)19(10-11-19)15-4-2-3-5-16(15)21/h2-9,24H,10-12H2,1H3,(H,22,23). The van der Waals surface area contributed by atoms with Crippen LogP contribution in [0.5, 0.6) is 0 Å². The van der Waals surface area contributed by atoms with E-state index in [0.717, 1.165) is 0 Å². The SMILES string of the molecule is CC(O)(CNC(=O)C1(c2ccccc2F)CC1)c1ccc(F)cc1. The van der Waals surface area contributed by atoms with E-state index in [9.17, 15) is 18.7 Å². The first-order chi connectivity index (χ1) is 11.3. The second-order valence-electron chi connectivity index (χ2n) is 6.53. The Hall–Kier alpha value is -2.27. The summed E-state index contributed by atoms with van der Waals surface area (Å²) in [7, 11) is 0. The average molecular weight is 331 g/mol. The van der Waals surface area contributed by atoms with Crippen molar-refractivity contribution in [2.45, 2.75) is 30.8 Å². The number of halogens is 2. The molecule has 3 rings (SSSR count). The average Bonchev–Trinajstić information content (AvgIpc) is 3.35. The van der Waals surface area contributed by atoms with Gasteiger partial charge in [0.25, 0.3) is 0 Å². The fraction of sp³-hybridized carbons (Fsp3) is 0.316. The van der Waals surface area contributed by atoms with Gasteiger partial charge in [0.2, 0.25) is 5.91 Å². The Bertz CT molecular complexity index is 752. The predicted molar refractivity (Wildman–Crippen MR) is 86.3 cm³/mol. The number of aliphatic hydroxyl groups is 1. The first kappa shape index (κ1) is 16.6. The Morgan fingerprint density at radius 3 is 2.38 bits per heavy atom. The number of amides is 1. The molecule has 5 heteroatoms. The van der Waals surface area contributed by atoms with Crippen molar-refractivity contribution >= 4 is 5.91 Å². The Morgan fingerprint density at radius 1 is 1.17 bits per heavy atom. The fourth-order valence-electron chi connectivity index (χ4n) is 2.93. The van der Waals surface area contributed by atoms with Gasteiger partial charge in [-0.15, -0.1) is 0 Å². The molecular formula is C19H19F2NO2. The van der Waals surface area contributed by atoms with Crippen molar-refractivity contribution in [3.05, 3.63) is 71.3 Å². The lowest BCUT2D eigenvalue weighted by Gasteiger charge is -2.26. The van der Waals surface area contributed by atoms with Crippen molar-refractivity contribution in [2.75, 3.05) is 6.54 Å². The molecule has 2 aromatic rings. The Kier molecular flexibility index (Phi) is 4.13. The molecule has 1 saturated carbocycles. The van der Waals surface area contributed by atoms with Crippen LogP contribution in [0.2, 0.25) is 0 Å². The van der Waals surface area contributed by atoms with Gasteiger partial charge in [0.15, 0.2) is 0 Å². The summed E-state index contributed by atoms with van der Waals surface area (Å²) in [6, 6.07) is 11.7. The monoisotopic (exact) mass is 331 g/mol. The molecule has 0 bridgehead atoms. The van der Waals surface area contributed by atoms with Crippen molar-refractivity contribution < 1.29 is 18.7 Å². The number of hydrogen-bond donors (Lipinski definition) is 2. The van der Waals surface area contributed by atoms with Gasteiger partial charge in [-0.25, -0.2) is 8.78 Å². The number of nitrogens with one attached hydrogen (secondary N) is 1. The lowest BCUT2D eigenvalue weighted by Crippen LogP contribution is -2.43. The molecule has 1 aliphatic rings. The van der Waals surface area contributed by atoms with Crippen molar-refractivity contribution in [1.29, 1.82) is 0 Å². The van der Waals surface area contributed by atoms with Crippen molar-refractivity contribution in [3.63, 3.8) is 0 Å². The summed E-state index contributed by atoms with van der Waals surface area (Å²) in [5.41, 5.74) is -1.29. The van der Waals surface area contributed by atoms with E-state index < -0.39 is 22.7 Å². The highest BCUT2D eigenvalue weighted by Gasteiger charge is 2.52. The van der Waals surface area contributed by atoms with E-state index >= 15 is 0 Å². The summed E-state index contributed by atoms with van der Waals surface area (Å²) in [6.45, 7) is 1.51. The molecule has 0 radical (unpaired) electrons. The van der Waals surface area contributed by atoms with Gasteiger partial charge < -0.3 is 10.4 Å². The maximum absolute atomic E-state index is 14.0. The number of benzene rings is 2. The molecule has 0 aromatic heterocycles. The summed E-state index contributed by atoms with van der Waals surface area (Å²) in [5, 5.41) is 13.2. The molecule has 126 valence electrons. The highest BCUT2D eigenvalue weighted by Crippen LogP contribution is 2.49. The van der Waals surface area contributed by atoms with Gasteiger partial charge in [-0.05, 0) is 43.5 Å². The smallest absolute Gasteiger partial charge is 0.230 e. The molecule has 1 atom stereocenters. The Morgan fingerprint density at radius 2 is 1.79 bits per heavy atom. The highest BCUT2D eigenvalue weighted by atomic mass is 19.1. The third-order valence-corrected chi connectivity index (χ3v) is 4.63. The van der Waals surface area contributed by atoms with Gasteiger partial charge in [-0.1, -0.05) is 30.3 Å². The third-order valence-electron chi connectivity index (χ3n) is 4.63. The first-order valence-electron chi connectivity index (χ1n) is 7.87. The van der Waals surface area contributed by atoms with Gasteiger partial charge in [0, 0.05) is 5.56 Å². The fourth-order valence-corrected chi connectivity index (χ4v) is 2.93. The van der Waals surface area contributed by atoms with Crippen LogP contribution in [0, 0.1) is 11.6 Å². The van der Waals surface area contributed by atoms with Crippen LogP contribution in [0.15, 0.2) is 48.5 Å². The van der Waals surface area contributed by atoms with Gasteiger partial charge in [0.05, 0.1) is 12.0 Å². The number of hydrogen-bond acceptors (Lipinski definition) is 2. The molecule has 1 aliphatic carbocycles. The summed E-state index contributed by atoms with van der Waals surface area (Å²) < 4.78 is 27.0. The van der Waals surface area contributed by atoms with Crippen molar-refractivity contribution in [3.8, 4) is 0 Å². The van der Waals surface area contributed by atoms with E-state index in [0.29, 0.717) is 24.0 Å². The molecule has 3 nitrogen and oxygen atoms in total. The third kappa shape index (κ3) is 3.04. The number of carbonyl (C=O) groups excluding carboxylic acids is 1. The van der Waals surface area contributed by atoms with Crippen molar-refractivity contribution in [2.24, 2.45) is 0 Å². The number of carbonyl (C=O) groups is 1. The highest BCUT2D eigenvalue weighted by molar-refractivity contribution is 5.91. The summed E-state index contributed by atoms with van der Waals surface area (Å²) in [6.07, 6.45) is 1.16. The maximum atomic E-state index is 14.0. The van der Waals surface area contributed by atoms with Gasteiger partial charge in [-0.2, -0.15) is 0 Å². The van der Waals surface area contributed by atoms with E-state index in [1.54, 1.807) is 25.1 Å². The Balaban J connectivity index is 1.71. The predicted octanol–water partition coefficient (Wildman–Crippen LogP) is 3.02. The van der Waals surface area contributed by atoms with E-state index in [1.807, 2.05) is 0 Å². The summed E-state index contributed by atoms with van der Waals surface area (Å²) in [4.78, 5) is 12.6. The van der Waals surface area contributed by atoms with Crippen LogP contribution in [0.1, 0.15) is 30.9 Å². The zero-order valence-corrected chi connectivity index (χ0v) is 13.4. The van der Waals surface area contributed by atoms with Crippen LogP contribution in [0.4, 0.5) is 8.78 Å². The minimum absolute atomic E-state index is 0.0341. The molecule has 1 unspecified atom stereocenters. The van der Waals surface area contributed by atoms with Crippen LogP contribution in [-0.4, -0.2) is 17.6 Å². The first-order valence-corrected chi connectivity index (χ1v) is 7.87. The normalized spacial score (nSPS) is 17.8. The zero-order chi connectivity index (χ0) is 17.4. The summed E-state index contributed by atoms with van der Waals surface area (Å²) >= 11 is 0. The van der Waals surface area contributed by atoms with Gasteiger partial charge >= 0.3 is 0 Å². The number of rotatable bonds is 5. The molecule has 24 heavy (non-hydrogen) atoms. The van der Waals surface area contributed by atoms with Gasteiger partial charge in [-0.3, -0.25) is 4.79 Å². The van der Waals surface area contributed by atoms with Crippen LogP contribution in [0.25, 0.3) is 0 Å². The van der Waals surface area contributed by atoms with E-state index in [4.69, 9.17) is 0 Å². The zero-order valence-electron chi connectivity index (χ0n) is 13.4. The molecule has 0 heterocycles. The lowest BCUT2D eigenvalue weighted by molar-refractivity contribution is -0.124. The van der Waals surface area contributed by atoms with Crippen molar-refractivity contribution in [1.82, 2.24) is 5.32 Å². The maximum Gasteiger partial charge on any atom is 0.230 e. The minimum atomic E-state index is -1.34. The molecule has 2 N–H and O–H groups in total. The van der Waals surface area contributed by atoms with Crippen LogP contribution >= 0.6 is 0 Å². The van der Waals surface area contributed by atoms with Crippen LogP contribution < -0.4 is 5.32 Å². The largest absolute Gasteiger partial charge is 0.384 e. The molecule has 1 amide bonds. The second-order valence-corrected chi connectivity index (χ2v) is 6.53.